The van der Waals surface area contributed by atoms with Crippen molar-refractivity contribution >= 4 is 10.4 Å². The topological polar surface area (TPSA) is 63.6 Å². The molecular weight excluding hydrogens is 395 g/mol. The molecule has 0 heterocycles. The summed E-state index contributed by atoms with van der Waals surface area (Å²) in [5, 5.41) is 0. The fourth-order valence-electron chi connectivity index (χ4n) is 2.94. The van der Waals surface area contributed by atoms with Crippen LogP contribution in [0.2, 0.25) is 0 Å². The van der Waals surface area contributed by atoms with Gasteiger partial charge in [-0.05, 0) is 6.42 Å². The van der Waals surface area contributed by atoms with Gasteiger partial charge in [-0.25, -0.2) is 4.18 Å². The Labute approximate surface area is 202 Å². The minimum atomic E-state index is -4.24. The summed E-state index contributed by atoms with van der Waals surface area (Å²) in [5.74, 6) is 0. The third kappa shape index (κ3) is 28.0. The molecule has 0 atom stereocenters. The molecule has 0 aliphatic rings. The first-order valence-corrected chi connectivity index (χ1v) is 12.3. The van der Waals surface area contributed by atoms with Gasteiger partial charge in [-0.3, -0.25) is 4.55 Å². The molecule has 1 rings (SSSR count). The second-order valence-electron chi connectivity index (χ2n) is 7.33. The van der Waals surface area contributed by atoms with Gasteiger partial charge in [0.2, 0.25) is 0 Å². The molecule has 0 fully saturated rings. The molecule has 0 aromatic heterocycles. The van der Waals surface area contributed by atoms with Crippen molar-refractivity contribution in [2.45, 2.75) is 96.8 Å². The Morgan fingerprint density at radius 2 is 1.14 bits per heavy atom. The molecule has 0 unspecified atom stereocenters. The van der Waals surface area contributed by atoms with Crippen molar-refractivity contribution in [2.75, 3.05) is 6.61 Å². The Morgan fingerprint density at radius 3 is 1.45 bits per heavy atom. The van der Waals surface area contributed by atoms with Crippen LogP contribution >= 0.6 is 0 Å². The second kappa shape index (κ2) is 22.6. The van der Waals surface area contributed by atoms with Crippen molar-refractivity contribution in [1.82, 2.24) is 0 Å². The van der Waals surface area contributed by atoms with Crippen LogP contribution in [-0.2, 0) is 14.6 Å². The van der Waals surface area contributed by atoms with E-state index in [9.17, 15) is 8.42 Å². The maximum Gasteiger partial charge on any atom is 1.00 e. The summed E-state index contributed by atoms with van der Waals surface area (Å²) in [6, 6.07) is 9.87. The number of hydrogen-bond acceptors (Lipinski definition) is 3. The third-order valence-electron chi connectivity index (χ3n) is 4.57. The molecule has 0 bridgehead atoms. The van der Waals surface area contributed by atoms with E-state index < -0.39 is 10.4 Å². The molecule has 1 aromatic carbocycles. The van der Waals surface area contributed by atoms with Crippen molar-refractivity contribution in [1.29, 1.82) is 0 Å². The molecule has 6 heteroatoms. The average molecular weight is 437 g/mol. The third-order valence-corrected chi connectivity index (χ3v) is 5.04. The minimum Gasteiger partial charge on any atom is -0.264 e. The molecule has 4 nitrogen and oxygen atoms in total. The molecule has 1 aromatic rings. The van der Waals surface area contributed by atoms with Crippen LogP contribution in [0.1, 0.15) is 102 Å². The van der Waals surface area contributed by atoms with Crippen LogP contribution in [0, 0.1) is 6.92 Å². The van der Waals surface area contributed by atoms with Gasteiger partial charge in [0.25, 0.3) is 0 Å². The first-order chi connectivity index (χ1) is 13.5. The van der Waals surface area contributed by atoms with Gasteiger partial charge in [-0.2, -0.15) is 33.0 Å². The van der Waals surface area contributed by atoms with Crippen LogP contribution in [0.15, 0.2) is 30.3 Å². The summed E-state index contributed by atoms with van der Waals surface area (Å²) in [4.78, 5) is 0. The molecule has 164 valence electrons. The Hall–Kier alpha value is -0.0400. The van der Waals surface area contributed by atoms with E-state index in [0.717, 1.165) is 18.4 Å². The average Bonchev–Trinajstić information content (AvgIpc) is 2.65. The van der Waals surface area contributed by atoms with E-state index in [-0.39, 0.29) is 36.2 Å². The van der Waals surface area contributed by atoms with Crippen molar-refractivity contribution in [2.24, 2.45) is 0 Å². The zero-order valence-electron chi connectivity index (χ0n) is 18.8. The fraction of sp³-hybridized carbons (Fsp3) is 0.696. The smallest absolute Gasteiger partial charge is 0.264 e. The summed E-state index contributed by atoms with van der Waals surface area (Å²) in [6.45, 7) is 6.07. The van der Waals surface area contributed by atoms with E-state index in [4.69, 9.17) is 4.55 Å². The van der Waals surface area contributed by atoms with Gasteiger partial charge in [0.1, 0.15) is 0 Å². The number of hydrogen-bond donors (Lipinski definition) is 1. The van der Waals surface area contributed by atoms with Crippen molar-refractivity contribution in [3.05, 3.63) is 42.8 Å². The van der Waals surface area contributed by atoms with Crippen LogP contribution in [0.5, 0.6) is 0 Å². The van der Waals surface area contributed by atoms with Gasteiger partial charge in [0.05, 0.1) is 6.61 Å². The molecule has 0 aliphatic carbocycles. The molecule has 0 saturated heterocycles. The molecule has 29 heavy (non-hydrogen) atoms. The van der Waals surface area contributed by atoms with Gasteiger partial charge >= 0.3 is 40.0 Å². The predicted octanol–water partition coefficient (Wildman–Crippen LogP) is 4.16. The second-order valence-corrected chi connectivity index (χ2v) is 8.42. The van der Waals surface area contributed by atoms with Gasteiger partial charge in [-0.1, -0.05) is 96.5 Å². The molecular formula is C23H41NaO4S. The zero-order valence-corrected chi connectivity index (χ0v) is 21.6. The predicted molar refractivity (Wildman–Crippen MR) is 119 cm³/mol. The number of unbranched alkanes of at least 4 members (excludes halogenated alkanes) is 13. The summed E-state index contributed by atoms with van der Waals surface area (Å²) in [6.07, 6.45) is 17.6. The number of benzene rings is 1. The molecule has 0 spiro atoms. The van der Waals surface area contributed by atoms with Crippen molar-refractivity contribution < 1.29 is 46.7 Å². The summed E-state index contributed by atoms with van der Waals surface area (Å²) in [5.41, 5.74) is 1.07. The van der Waals surface area contributed by atoms with Crippen LogP contribution in [0.4, 0.5) is 0 Å². The van der Waals surface area contributed by atoms with Gasteiger partial charge in [0, 0.05) is 0 Å². The largest absolute Gasteiger partial charge is 1.00 e. The maximum absolute atomic E-state index is 10.3. The normalized spacial score (nSPS) is 10.7. The van der Waals surface area contributed by atoms with E-state index in [2.05, 4.69) is 18.0 Å². The van der Waals surface area contributed by atoms with Gasteiger partial charge in [-0.15, -0.1) is 12.1 Å². The van der Waals surface area contributed by atoms with E-state index in [1.807, 2.05) is 30.3 Å². The monoisotopic (exact) mass is 436 g/mol. The van der Waals surface area contributed by atoms with E-state index in [1.165, 1.54) is 70.6 Å². The van der Waals surface area contributed by atoms with E-state index in [0.29, 0.717) is 6.42 Å². The van der Waals surface area contributed by atoms with Crippen LogP contribution in [0.3, 0.4) is 0 Å². The summed E-state index contributed by atoms with van der Waals surface area (Å²) in [7, 11) is -4.24. The Kier molecular flexibility index (Phi) is 24.3. The summed E-state index contributed by atoms with van der Waals surface area (Å²) >= 11 is 0. The first-order valence-electron chi connectivity index (χ1n) is 10.9. The quantitative estimate of drug-likeness (QED) is 0.183. The fourth-order valence-corrected chi connectivity index (χ4v) is 3.27. The van der Waals surface area contributed by atoms with Crippen LogP contribution in [0.25, 0.3) is 0 Å². The van der Waals surface area contributed by atoms with Crippen LogP contribution < -0.4 is 29.6 Å². The standard InChI is InChI=1S/C16H34O4S.C7H7.Na/c1-2-3-4-5-6-7-8-9-10-11-12-13-14-15-16-20-21(17,18)19;1-7-5-3-2-4-6-7;/h2-16H2,1H3,(H,17,18,19);2-6H,1H2;/q;-1;+1. The van der Waals surface area contributed by atoms with Crippen molar-refractivity contribution in [3.63, 3.8) is 0 Å². The van der Waals surface area contributed by atoms with Crippen LogP contribution in [-0.4, -0.2) is 19.6 Å². The molecule has 0 saturated carbocycles. The van der Waals surface area contributed by atoms with E-state index >= 15 is 0 Å². The molecule has 0 radical (unpaired) electrons. The van der Waals surface area contributed by atoms with Gasteiger partial charge in [0.15, 0.2) is 0 Å². The Bertz CT molecular complexity index is 535. The maximum atomic E-state index is 10.3. The molecule has 0 amide bonds. The molecule has 0 aliphatic heterocycles. The summed E-state index contributed by atoms with van der Waals surface area (Å²) < 4.78 is 33.2. The zero-order chi connectivity index (χ0) is 20.9. The first kappa shape index (κ1) is 31.1. The van der Waals surface area contributed by atoms with Gasteiger partial charge < -0.3 is 0 Å². The minimum absolute atomic E-state index is 0. The molecule has 1 N–H and O–H groups in total. The number of rotatable bonds is 16. The SMILES string of the molecule is CCCCCCCCCCCCCCCCOS(=O)(=O)O.[CH2-]c1ccccc1.[Na+]. The Morgan fingerprint density at radius 1 is 0.759 bits per heavy atom. The van der Waals surface area contributed by atoms with Crippen molar-refractivity contribution in [3.8, 4) is 0 Å². The Balaban J connectivity index is 0. The van der Waals surface area contributed by atoms with E-state index in [1.54, 1.807) is 0 Å².